The van der Waals surface area contributed by atoms with Gasteiger partial charge in [-0.25, -0.2) is 8.42 Å². The second kappa shape index (κ2) is 9.65. The number of aryl methyl sites for hydroxylation is 1. The van der Waals surface area contributed by atoms with E-state index in [0.29, 0.717) is 30.2 Å². The van der Waals surface area contributed by atoms with E-state index in [2.05, 4.69) is 5.32 Å². The van der Waals surface area contributed by atoms with Gasteiger partial charge in [-0.3, -0.25) is 9.10 Å². The maximum absolute atomic E-state index is 12.6. The minimum atomic E-state index is -3.63. The van der Waals surface area contributed by atoms with E-state index < -0.39 is 16.1 Å². The zero-order chi connectivity index (χ0) is 21.6. The highest BCUT2D eigenvalue weighted by Gasteiger charge is 2.28. The predicted octanol–water partition coefficient (Wildman–Crippen LogP) is 2.53. The number of rotatable bonds is 9. The third-order valence-electron chi connectivity index (χ3n) is 4.54. The number of hydrogen-bond donors (Lipinski definition) is 1. The molecule has 0 aromatic heterocycles. The summed E-state index contributed by atoms with van der Waals surface area (Å²) in [6.45, 7) is 3.86. The third-order valence-corrected chi connectivity index (χ3v) is 5.78. The van der Waals surface area contributed by atoms with Gasteiger partial charge in [-0.15, -0.1) is 0 Å². The zero-order valence-electron chi connectivity index (χ0n) is 17.4. The van der Waals surface area contributed by atoms with Crippen LogP contribution in [0.3, 0.4) is 0 Å². The van der Waals surface area contributed by atoms with E-state index >= 15 is 0 Å². The van der Waals surface area contributed by atoms with Crippen molar-refractivity contribution in [3.8, 4) is 11.5 Å². The van der Waals surface area contributed by atoms with Crippen molar-refractivity contribution in [2.45, 2.75) is 26.3 Å². The lowest BCUT2D eigenvalue weighted by molar-refractivity contribution is -0.121. The van der Waals surface area contributed by atoms with Gasteiger partial charge in [0.05, 0.1) is 26.2 Å². The average molecular weight is 421 g/mol. The smallest absolute Gasteiger partial charge is 0.243 e. The molecular formula is C21H28N2O5S. The number of carbonyl (C=O) groups excluding carboxylic acids is 1. The number of nitrogens with one attached hydrogen (secondary N) is 1. The van der Waals surface area contributed by atoms with Gasteiger partial charge >= 0.3 is 0 Å². The summed E-state index contributed by atoms with van der Waals surface area (Å²) in [5.74, 6) is 0.889. The molecule has 0 saturated carbocycles. The van der Waals surface area contributed by atoms with Crippen molar-refractivity contribution < 1.29 is 22.7 Å². The Morgan fingerprint density at radius 1 is 1.07 bits per heavy atom. The summed E-state index contributed by atoms with van der Waals surface area (Å²) >= 11 is 0. The van der Waals surface area contributed by atoms with Gasteiger partial charge in [-0.05, 0) is 50.1 Å². The lowest BCUT2D eigenvalue weighted by Crippen LogP contribution is -2.48. The molecular weight excluding hydrogens is 392 g/mol. The fourth-order valence-electron chi connectivity index (χ4n) is 3.01. The predicted molar refractivity (Wildman–Crippen MR) is 114 cm³/mol. The molecule has 7 nitrogen and oxygen atoms in total. The number of benzene rings is 2. The number of sulfonamides is 1. The quantitative estimate of drug-likeness (QED) is 0.674. The van der Waals surface area contributed by atoms with Gasteiger partial charge in [-0.1, -0.05) is 23.8 Å². The van der Waals surface area contributed by atoms with Crippen LogP contribution in [-0.2, 0) is 21.2 Å². The van der Waals surface area contributed by atoms with Crippen LogP contribution in [0, 0.1) is 6.92 Å². The van der Waals surface area contributed by atoms with E-state index in [1.54, 1.807) is 39.3 Å². The average Bonchev–Trinajstić information content (AvgIpc) is 2.68. The Morgan fingerprint density at radius 3 is 2.24 bits per heavy atom. The first kappa shape index (κ1) is 22.5. The molecule has 8 heteroatoms. The Kier molecular flexibility index (Phi) is 7.50. The van der Waals surface area contributed by atoms with E-state index in [1.165, 1.54) is 0 Å². The molecule has 2 rings (SSSR count). The number of ether oxygens (including phenoxy) is 2. The summed E-state index contributed by atoms with van der Waals surface area (Å²) in [5.41, 5.74) is 2.43. The molecule has 29 heavy (non-hydrogen) atoms. The minimum Gasteiger partial charge on any atom is -0.493 e. The second-order valence-corrected chi connectivity index (χ2v) is 8.66. The summed E-state index contributed by atoms with van der Waals surface area (Å²) in [7, 11) is -0.491. The van der Waals surface area contributed by atoms with Crippen LogP contribution < -0.4 is 19.1 Å². The molecule has 0 heterocycles. The lowest BCUT2D eigenvalue weighted by atomic mass is 10.1. The number of hydrogen-bond acceptors (Lipinski definition) is 5. The Hall–Kier alpha value is -2.74. The van der Waals surface area contributed by atoms with Crippen LogP contribution in [0.2, 0.25) is 0 Å². The van der Waals surface area contributed by atoms with Crippen molar-refractivity contribution in [2.24, 2.45) is 0 Å². The Bertz CT molecular complexity index is 942. The molecule has 0 spiro atoms. The number of amides is 1. The van der Waals surface area contributed by atoms with Crippen LogP contribution in [-0.4, -0.2) is 47.4 Å². The summed E-state index contributed by atoms with van der Waals surface area (Å²) in [4.78, 5) is 12.6. The highest BCUT2D eigenvalue weighted by molar-refractivity contribution is 7.92. The minimum absolute atomic E-state index is 0.364. The first-order valence-electron chi connectivity index (χ1n) is 9.22. The van der Waals surface area contributed by atoms with Crippen LogP contribution in [0.4, 0.5) is 5.69 Å². The van der Waals surface area contributed by atoms with Crippen molar-refractivity contribution in [3.05, 3.63) is 53.6 Å². The summed E-state index contributed by atoms with van der Waals surface area (Å²) in [6.07, 6.45) is 1.67. The fourth-order valence-corrected chi connectivity index (χ4v) is 4.19. The summed E-state index contributed by atoms with van der Waals surface area (Å²) in [6, 6.07) is 11.7. The van der Waals surface area contributed by atoms with Crippen molar-refractivity contribution in [1.82, 2.24) is 5.32 Å². The Balaban J connectivity index is 2.05. The van der Waals surface area contributed by atoms with E-state index in [-0.39, 0.29) is 5.91 Å². The van der Waals surface area contributed by atoms with Gasteiger partial charge in [0.1, 0.15) is 6.04 Å². The van der Waals surface area contributed by atoms with Crippen molar-refractivity contribution in [2.75, 3.05) is 31.3 Å². The SMILES string of the molecule is COc1ccc(CCNC(=O)C(C)N(c2ccc(C)cc2)S(C)(=O)=O)cc1OC. The Labute approximate surface area is 172 Å². The number of carbonyl (C=O) groups is 1. The molecule has 0 aliphatic heterocycles. The molecule has 0 bridgehead atoms. The fraction of sp³-hybridized carbons (Fsp3) is 0.381. The molecule has 0 saturated heterocycles. The summed E-state index contributed by atoms with van der Waals surface area (Å²) in [5, 5.41) is 2.81. The largest absolute Gasteiger partial charge is 0.493 e. The maximum atomic E-state index is 12.6. The van der Waals surface area contributed by atoms with Gasteiger partial charge in [-0.2, -0.15) is 0 Å². The molecule has 1 N–H and O–H groups in total. The second-order valence-electron chi connectivity index (χ2n) is 6.80. The molecule has 2 aromatic rings. The van der Waals surface area contributed by atoms with Crippen molar-refractivity contribution in [3.63, 3.8) is 0 Å². The Morgan fingerprint density at radius 2 is 1.69 bits per heavy atom. The normalized spacial score (nSPS) is 12.2. The van der Waals surface area contributed by atoms with Crippen LogP contribution in [0.25, 0.3) is 0 Å². The maximum Gasteiger partial charge on any atom is 0.243 e. The first-order valence-corrected chi connectivity index (χ1v) is 11.1. The molecule has 0 aliphatic carbocycles. The van der Waals surface area contributed by atoms with Gasteiger partial charge in [0.15, 0.2) is 11.5 Å². The van der Waals surface area contributed by atoms with Crippen molar-refractivity contribution in [1.29, 1.82) is 0 Å². The molecule has 158 valence electrons. The van der Waals surface area contributed by atoms with Gasteiger partial charge in [0.25, 0.3) is 0 Å². The van der Waals surface area contributed by atoms with Crippen molar-refractivity contribution >= 4 is 21.6 Å². The lowest BCUT2D eigenvalue weighted by Gasteiger charge is -2.28. The highest BCUT2D eigenvalue weighted by Crippen LogP contribution is 2.27. The highest BCUT2D eigenvalue weighted by atomic mass is 32.2. The van der Waals surface area contributed by atoms with Gasteiger partial charge in [0, 0.05) is 6.54 Å². The number of nitrogens with zero attached hydrogens (tertiary/aromatic N) is 1. The topological polar surface area (TPSA) is 84.9 Å². The van der Waals surface area contributed by atoms with Gasteiger partial charge < -0.3 is 14.8 Å². The van der Waals surface area contributed by atoms with Crippen LogP contribution in [0.1, 0.15) is 18.1 Å². The third kappa shape index (κ3) is 5.87. The zero-order valence-corrected chi connectivity index (χ0v) is 18.2. The molecule has 0 fully saturated rings. The van der Waals surface area contributed by atoms with Gasteiger partial charge in [0.2, 0.25) is 15.9 Å². The van der Waals surface area contributed by atoms with Crippen LogP contribution in [0.5, 0.6) is 11.5 Å². The molecule has 1 amide bonds. The van der Waals surface area contributed by atoms with E-state index in [0.717, 1.165) is 21.7 Å². The molecule has 1 atom stereocenters. The monoisotopic (exact) mass is 420 g/mol. The van der Waals surface area contributed by atoms with E-state index in [9.17, 15) is 13.2 Å². The molecule has 0 radical (unpaired) electrons. The molecule has 0 aliphatic rings. The molecule has 2 aromatic carbocycles. The van der Waals surface area contributed by atoms with E-state index in [1.807, 2.05) is 31.2 Å². The van der Waals surface area contributed by atoms with Crippen LogP contribution in [0.15, 0.2) is 42.5 Å². The first-order chi connectivity index (χ1) is 13.7. The number of methoxy groups -OCH3 is 2. The van der Waals surface area contributed by atoms with Crippen LogP contribution >= 0.6 is 0 Å². The molecule has 1 unspecified atom stereocenters. The summed E-state index contributed by atoms with van der Waals surface area (Å²) < 4.78 is 36.3. The number of anilines is 1. The standard InChI is InChI=1S/C21H28N2O5S/c1-15-6-9-18(10-7-15)23(29(5,25)26)16(2)21(24)22-13-12-17-8-11-19(27-3)20(14-17)28-4/h6-11,14,16H,12-13H2,1-5H3,(H,22,24). The van der Waals surface area contributed by atoms with E-state index in [4.69, 9.17) is 9.47 Å².